The van der Waals surface area contributed by atoms with Gasteiger partial charge in [0, 0.05) is 0 Å². The van der Waals surface area contributed by atoms with Crippen LogP contribution in [0.5, 0.6) is 0 Å². The molecule has 0 heterocycles. The van der Waals surface area contributed by atoms with Crippen LogP contribution in [0, 0.1) is 5.82 Å². The van der Waals surface area contributed by atoms with Crippen LogP contribution in [0.2, 0.25) is 5.02 Å². The van der Waals surface area contributed by atoms with Crippen LogP contribution in [0.4, 0.5) is 17.6 Å². The normalized spacial score (nSPS) is 11.4. The first kappa shape index (κ1) is 12.8. The lowest BCUT2D eigenvalue weighted by Crippen LogP contribution is -2.15. The van der Waals surface area contributed by atoms with Crippen LogP contribution in [-0.2, 0) is 10.9 Å². The molecule has 0 N–H and O–H groups in total. The topological polar surface area (TPSA) is 26.3 Å². The lowest BCUT2D eigenvalue weighted by molar-refractivity contribution is -0.138. The van der Waals surface area contributed by atoms with E-state index in [0.717, 1.165) is 7.11 Å². The van der Waals surface area contributed by atoms with E-state index in [0.29, 0.717) is 12.1 Å². The molecule has 0 bridgehead atoms. The number of methoxy groups -OCH3 is 1. The van der Waals surface area contributed by atoms with Gasteiger partial charge in [0.15, 0.2) is 0 Å². The largest absolute Gasteiger partial charge is 0.465 e. The fourth-order valence-electron chi connectivity index (χ4n) is 1.13. The second-order valence-corrected chi connectivity index (χ2v) is 3.21. The number of carbonyl (C=O) groups excluding carboxylic acids is 1. The van der Waals surface area contributed by atoms with E-state index in [1.54, 1.807) is 0 Å². The third-order valence-corrected chi connectivity index (χ3v) is 2.04. The second-order valence-electron chi connectivity index (χ2n) is 2.80. The SMILES string of the molecule is COC(=O)c1cc(F)cc(Cl)c1C(F)(F)F. The van der Waals surface area contributed by atoms with Gasteiger partial charge in [-0.25, -0.2) is 9.18 Å². The predicted octanol–water partition coefficient (Wildman–Crippen LogP) is 3.28. The predicted molar refractivity (Wildman–Crippen MR) is 47.8 cm³/mol. The van der Waals surface area contributed by atoms with E-state index in [4.69, 9.17) is 11.6 Å². The molecule has 7 heteroatoms. The zero-order valence-corrected chi connectivity index (χ0v) is 8.62. The van der Waals surface area contributed by atoms with E-state index in [-0.39, 0.29) is 0 Å². The quantitative estimate of drug-likeness (QED) is 0.569. The Kier molecular flexibility index (Phi) is 3.42. The van der Waals surface area contributed by atoms with E-state index in [2.05, 4.69) is 4.74 Å². The monoisotopic (exact) mass is 256 g/mol. The average Bonchev–Trinajstić information content (AvgIpc) is 2.12. The van der Waals surface area contributed by atoms with Gasteiger partial charge >= 0.3 is 12.1 Å². The van der Waals surface area contributed by atoms with Gasteiger partial charge in [-0.05, 0) is 12.1 Å². The first-order valence-corrected chi connectivity index (χ1v) is 4.29. The lowest BCUT2D eigenvalue weighted by Gasteiger charge is -2.13. The molecule has 1 aromatic rings. The maximum atomic E-state index is 12.8. The Morgan fingerprint density at radius 1 is 1.38 bits per heavy atom. The lowest BCUT2D eigenvalue weighted by atomic mass is 10.1. The maximum absolute atomic E-state index is 12.8. The first-order chi connectivity index (χ1) is 7.27. The third kappa shape index (κ3) is 2.44. The number of halogens is 5. The molecule has 0 aliphatic carbocycles. The molecule has 0 atom stereocenters. The van der Waals surface area contributed by atoms with E-state index >= 15 is 0 Å². The van der Waals surface area contributed by atoms with Crippen molar-refractivity contribution in [3.05, 3.63) is 34.1 Å². The molecule has 0 aliphatic rings. The molecule has 88 valence electrons. The average molecular weight is 257 g/mol. The molecular weight excluding hydrogens is 252 g/mol. The van der Waals surface area contributed by atoms with Gasteiger partial charge in [0.2, 0.25) is 0 Å². The summed E-state index contributed by atoms with van der Waals surface area (Å²) in [4.78, 5) is 11.0. The molecule has 0 spiro atoms. The number of hydrogen-bond donors (Lipinski definition) is 0. The van der Waals surface area contributed by atoms with Crippen LogP contribution in [-0.4, -0.2) is 13.1 Å². The Morgan fingerprint density at radius 3 is 2.38 bits per heavy atom. The van der Waals surface area contributed by atoms with Crippen LogP contribution in [0.15, 0.2) is 12.1 Å². The summed E-state index contributed by atoms with van der Waals surface area (Å²) in [6, 6.07) is 0.914. The summed E-state index contributed by atoms with van der Waals surface area (Å²) in [5, 5.41) is -0.882. The van der Waals surface area contributed by atoms with Crippen LogP contribution in [0.1, 0.15) is 15.9 Å². The van der Waals surface area contributed by atoms with Gasteiger partial charge in [-0.15, -0.1) is 0 Å². The molecule has 1 aromatic carbocycles. The molecule has 0 saturated carbocycles. The first-order valence-electron chi connectivity index (χ1n) is 3.92. The summed E-state index contributed by atoms with van der Waals surface area (Å²) in [6.07, 6.45) is -4.85. The summed E-state index contributed by atoms with van der Waals surface area (Å²) < 4.78 is 54.5. The van der Waals surface area contributed by atoms with Crippen molar-refractivity contribution in [2.24, 2.45) is 0 Å². The Labute approximate surface area is 92.8 Å². The highest BCUT2D eigenvalue weighted by molar-refractivity contribution is 6.32. The van der Waals surface area contributed by atoms with E-state index in [1.807, 2.05) is 0 Å². The summed E-state index contributed by atoms with van der Waals surface area (Å²) >= 11 is 5.25. The highest BCUT2D eigenvalue weighted by atomic mass is 35.5. The number of alkyl halides is 3. The Morgan fingerprint density at radius 2 is 1.94 bits per heavy atom. The van der Waals surface area contributed by atoms with Crippen molar-refractivity contribution in [3.8, 4) is 0 Å². The summed E-state index contributed by atoms with van der Waals surface area (Å²) in [7, 11) is 0.890. The molecule has 0 aromatic heterocycles. The van der Waals surface area contributed by atoms with Crippen LogP contribution >= 0.6 is 11.6 Å². The maximum Gasteiger partial charge on any atom is 0.418 e. The Balaban J connectivity index is 3.51. The van der Waals surface area contributed by atoms with Crippen molar-refractivity contribution in [3.63, 3.8) is 0 Å². The van der Waals surface area contributed by atoms with Crippen molar-refractivity contribution in [1.29, 1.82) is 0 Å². The van der Waals surface area contributed by atoms with Gasteiger partial charge in [0.25, 0.3) is 0 Å². The van der Waals surface area contributed by atoms with Crippen molar-refractivity contribution < 1.29 is 27.1 Å². The van der Waals surface area contributed by atoms with E-state index < -0.39 is 34.1 Å². The fraction of sp³-hybridized carbons (Fsp3) is 0.222. The minimum Gasteiger partial charge on any atom is -0.465 e. The Hall–Kier alpha value is -1.30. The molecule has 0 saturated heterocycles. The molecule has 0 aliphatic heterocycles. The van der Waals surface area contributed by atoms with Crippen LogP contribution in [0.3, 0.4) is 0 Å². The smallest absolute Gasteiger partial charge is 0.418 e. The van der Waals surface area contributed by atoms with Gasteiger partial charge in [-0.2, -0.15) is 13.2 Å². The van der Waals surface area contributed by atoms with Gasteiger partial charge in [0.1, 0.15) is 5.82 Å². The van der Waals surface area contributed by atoms with E-state index in [9.17, 15) is 22.4 Å². The van der Waals surface area contributed by atoms with Gasteiger partial charge in [0.05, 0.1) is 23.3 Å². The Bertz CT molecular complexity index is 428. The number of esters is 1. The van der Waals surface area contributed by atoms with Crippen molar-refractivity contribution >= 4 is 17.6 Å². The number of benzene rings is 1. The van der Waals surface area contributed by atoms with Gasteiger partial charge in [-0.1, -0.05) is 11.6 Å². The second kappa shape index (κ2) is 4.29. The van der Waals surface area contributed by atoms with Crippen molar-refractivity contribution in [2.45, 2.75) is 6.18 Å². The minimum atomic E-state index is -4.85. The standard InChI is InChI=1S/C9H5ClF4O2/c1-16-8(15)5-2-4(11)3-6(10)7(5)9(12,13)14/h2-3H,1H3. The molecule has 0 fully saturated rings. The van der Waals surface area contributed by atoms with Crippen LogP contribution in [0.25, 0.3) is 0 Å². The highest BCUT2D eigenvalue weighted by Gasteiger charge is 2.38. The van der Waals surface area contributed by atoms with E-state index in [1.165, 1.54) is 0 Å². The molecule has 0 amide bonds. The molecule has 0 radical (unpaired) electrons. The summed E-state index contributed by atoms with van der Waals surface area (Å²) in [6.45, 7) is 0. The van der Waals surface area contributed by atoms with Crippen molar-refractivity contribution in [1.82, 2.24) is 0 Å². The number of hydrogen-bond acceptors (Lipinski definition) is 2. The zero-order chi connectivity index (χ0) is 12.5. The summed E-state index contributed by atoms with van der Waals surface area (Å²) in [5.74, 6) is -2.34. The molecular formula is C9H5ClF4O2. The van der Waals surface area contributed by atoms with Gasteiger partial charge < -0.3 is 4.74 Å². The van der Waals surface area contributed by atoms with Crippen LogP contribution < -0.4 is 0 Å². The molecule has 1 rings (SSSR count). The number of ether oxygens (including phenoxy) is 1. The molecule has 0 unspecified atom stereocenters. The fourth-order valence-corrected chi connectivity index (χ4v) is 1.45. The molecule has 2 nitrogen and oxygen atoms in total. The highest BCUT2D eigenvalue weighted by Crippen LogP contribution is 2.37. The third-order valence-electron chi connectivity index (χ3n) is 1.74. The molecule has 16 heavy (non-hydrogen) atoms. The van der Waals surface area contributed by atoms with Crippen molar-refractivity contribution in [2.75, 3.05) is 7.11 Å². The summed E-state index contributed by atoms with van der Waals surface area (Å²) in [5.41, 5.74) is -2.34. The number of rotatable bonds is 1. The number of carbonyl (C=O) groups is 1. The zero-order valence-electron chi connectivity index (χ0n) is 7.86. The van der Waals surface area contributed by atoms with Gasteiger partial charge in [-0.3, -0.25) is 0 Å². The minimum absolute atomic E-state index is 0.431.